The minimum absolute atomic E-state index is 0.0390. The van der Waals surface area contributed by atoms with Gasteiger partial charge in [-0.1, -0.05) is 41.9 Å². The van der Waals surface area contributed by atoms with Gasteiger partial charge in [-0.15, -0.1) is 0 Å². The highest BCUT2D eigenvalue weighted by Crippen LogP contribution is 2.33. The second kappa shape index (κ2) is 8.00. The molecule has 0 aromatic heterocycles. The second-order valence-electron chi connectivity index (χ2n) is 5.69. The van der Waals surface area contributed by atoms with Crippen molar-refractivity contribution in [3.05, 3.63) is 89.2 Å². The molecule has 3 rings (SSSR count). The van der Waals surface area contributed by atoms with E-state index in [1.807, 2.05) is 0 Å². The molecule has 0 aliphatic heterocycles. The molecular formula is C20H15ClFNO4S. The average Bonchev–Trinajstić information content (AvgIpc) is 2.69. The van der Waals surface area contributed by atoms with Gasteiger partial charge >= 0.3 is 0 Å². The standard InChI is InChI=1S/C20H15ClFNO4S/c1-27-19-12-11-14(13-17(19)21)23(20(24)16-9-5-6-10-18(16)22)28(25,26)15-7-3-2-4-8-15/h2-13H,1H3. The van der Waals surface area contributed by atoms with Crippen LogP contribution >= 0.6 is 11.6 Å². The molecule has 0 saturated heterocycles. The van der Waals surface area contributed by atoms with Crippen molar-refractivity contribution in [2.24, 2.45) is 0 Å². The Labute approximate surface area is 167 Å². The summed E-state index contributed by atoms with van der Waals surface area (Å²) >= 11 is 6.12. The maximum Gasteiger partial charge on any atom is 0.275 e. The SMILES string of the molecule is COc1ccc(N(C(=O)c2ccccc2F)S(=O)(=O)c2ccccc2)cc1Cl. The lowest BCUT2D eigenvalue weighted by Gasteiger charge is -2.23. The fourth-order valence-electron chi connectivity index (χ4n) is 2.59. The first-order chi connectivity index (χ1) is 13.4. The predicted octanol–water partition coefficient (Wildman–Crippen LogP) is 4.52. The second-order valence-corrected chi connectivity index (χ2v) is 7.88. The highest BCUT2D eigenvalue weighted by Gasteiger charge is 2.33. The van der Waals surface area contributed by atoms with Gasteiger partial charge in [0.15, 0.2) is 0 Å². The van der Waals surface area contributed by atoms with E-state index in [2.05, 4.69) is 0 Å². The van der Waals surface area contributed by atoms with Crippen LogP contribution in [0, 0.1) is 5.82 Å². The summed E-state index contributed by atoms with van der Waals surface area (Å²) in [5.74, 6) is -1.57. The molecule has 5 nitrogen and oxygen atoms in total. The first-order valence-electron chi connectivity index (χ1n) is 8.09. The number of ether oxygens (including phenoxy) is 1. The molecule has 0 N–H and O–H groups in total. The van der Waals surface area contributed by atoms with Crippen LogP contribution in [-0.2, 0) is 10.0 Å². The van der Waals surface area contributed by atoms with Crippen LogP contribution in [0.4, 0.5) is 10.1 Å². The predicted molar refractivity (Wildman–Crippen MR) is 105 cm³/mol. The molecule has 0 aliphatic rings. The molecule has 3 aromatic rings. The number of amides is 1. The van der Waals surface area contributed by atoms with E-state index in [-0.39, 0.29) is 21.2 Å². The van der Waals surface area contributed by atoms with E-state index in [1.165, 1.54) is 67.8 Å². The monoisotopic (exact) mass is 419 g/mol. The van der Waals surface area contributed by atoms with Gasteiger partial charge in [0.05, 0.1) is 28.3 Å². The fraction of sp³-hybridized carbons (Fsp3) is 0.0500. The van der Waals surface area contributed by atoms with E-state index < -0.39 is 21.7 Å². The van der Waals surface area contributed by atoms with E-state index in [0.717, 1.165) is 6.07 Å². The van der Waals surface area contributed by atoms with Gasteiger partial charge in [-0.25, -0.2) is 12.8 Å². The van der Waals surface area contributed by atoms with Crippen molar-refractivity contribution < 1.29 is 22.3 Å². The molecule has 0 heterocycles. The number of sulfonamides is 1. The summed E-state index contributed by atoms with van der Waals surface area (Å²) in [6.45, 7) is 0. The Bertz CT molecular complexity index is 1120. The smallest absolute Gasteiger partial charge is 0.275 e. The number of benzene rings is 3. The van der Waals surface area contributed by atoms with Crippen LogP contribution in [0.15, 0.2) is 77.7 Å². The molecule has 8 heteroatoms. The third-order valence-corrected chi connectivity index (χ3v) is 5.96. The van der Waals surface area contributed by atoms with E-state index in [1.54, 1.807) is 6.07 Å². The molecule has 0 aliphatic carbocycles. The van der Waals surface area contributed by atoms with E-state index >= 15 is 0 Å². The Morgan fingerprint density at radius 3 is 2.25 bits per heavy atom. The minimum atomic E-state index is -4.34. The van der Waals surface area contributed by atoms with Crippen LogP contribution in [0.2, 0.25) is 5.02 Å². The number of hydrogen-bond acceptors (Lipinski definition) is 4. The summed E-state index contributed by atoms with van der Waals surface area (Å²) in [5, 5.41) is 0.106. The third kappa shape index (κ3) is 3.72. The first kappa shape index (κ1) is 19.9. The van der Waals surface area contributed by atoms with Gasteiger partial charge in [-0.2, -0.15) is 4.31 Å². The largest absolute Gasteiger partial charge is 0.495 e. The van der Waals surface area contributed by atoms with Crippen molar-refractivity contribution in [2.45, 2.75) is 4.90 Å². The molecule has 0 fully saturated rings. The normalized spacial score (nSPS) is 11.1. The summed E-state index contributed by atoms with van der Waals surface area (Å²) in [6, 6.07) is 16.6. The first-order valence-corrected chi connectivity index (χ1v) is 9.91. The van der Waals surface area contributed by atoms with Crippen LogP contribution in [-0.4, -0.2) is 21.4 Å². The maximum atomic E-state index is 14.2. The van der Waals surface area contributed by atoms with E-state index in [4.69, 9.17) is 16.3 Å². The number of hydrogen-bond donors (Lipinski definition) is 0. The van der Waals surface area contributed by atoms with Crippen molar-refractivity contribution in [1.82, 2.24) is 0 Å². The van der Waals surface area contributed by atoms with Gasteiger partial charge in [0.1, 0.15) is 11.6 Å². The van der Waals surface area contributed by atoms with Gasteiger partial charge in [0, 0.05) is 0 Å². The molecule has 0 radical (unpaired) electrons. The quantitative estimate of drug-likeness (QED) is 0.609. The Morgan fingerprint density at radius 2 is 1.64 bits per heavy atom. The lowest BCUT2D eigenvalue weighted by Crippen LogP contribution is -2.37. The number of rotatable bonds is 5. The molecule has 3 aromatic carbocycles. The van der Waals surface area contributed by atoms with Gasteiger partial charge in [0.2, 0.25) is 0 Å². The van der Waals surface area contributed by atoms with Crippen LogP contribution in [0.1, 0.15) is 10.4 Å². The Kier molecular flexibility index (Phi) is 5.67. The molecule has 0 atom stereocenters. The van der Waals surface area contributed by atoms with Gasteiger partial charge in [-0.05, 0) is 42.5 Å². The molecule has 28 heavy (non-hydrogen) atoms. The third-order valence-electron chi connectivity index (χ3n) is 3.94. The molecule has 0 unspecified atom stereocenters. The molecule has 1 amide bonds. The number of halogens is 2. The zero-order valence-electron chi connectivity index (χ0n) is 14.7. The topological polar surface area (TPSA) is 63.7 Å². The average molecular weight is 420 g/mol. The number of nitrogens with zero attached hydrogens (tertiary/aromatic N) is 1. The molecular weight excluding hydrogens is 405 g/mol. The van der Waals surface area contributed by atoms with Crippen molar-refractivity contribution in [1.29, 1.82) is 0 Å². The van der Waals surface area contributed by atoms with E-state index in [0.29, 0.717) is 10.1 Å². The molecule has 0 saturated carbocycles. The van der Waals surface area contributed by atoms with Crippen LogP contribution < -0.4 is 9.04 Å². The van der Waals surface area contributed by atoms with Crippen molar-refractivity contribution in [3.8, 4) is 5.75 Å². The number of anilines is 1. The lowest BCUT2D eigenvalue weighted by atomic mass is 10.2. The fourth-order valence-corrected chi connectivity index (χ4v) is 4.26. The zero-order valence-corrected chi connectivity index (χ0v) is 16.2. The zero-order chi connectivity index (χ0) is 20.3. The Morgan fingerprint density at radius 1 is 1.00 bits per heavy atom. The molecule has 0 bridgehead atoms. The highest BCUT2D eigenvalue weighted by molar-refractivity contribution is 7.93. The summed E-state index contributed by atoms with van der Waals surface area (Å²) in [7, 11) is -2.93. The Balaban J connectivity index is 2.21. The summed E-state index contributed by atoms with van der Waals surface area (Å²) in [6.07, 6.45) is 0. The van der Waals surface area contributed by atoms with Gasteiger partial charge in [-0.3, -0.25) is 4.79 Å². The molecule has 0 spiro atoms. The van der Waals surface area contributed by atoms with Crippen molar-refractivity contribution >= 4 is 33.2 Å². The van der Waals surface area contributed by atoms with Crippen molar-refractivity contribution in [3.63, 3.8) is 0 Å². The number of methoxy groups -OCH3 is 1. The van der Waals surface area contributed by atoms with Gasteiger partial charge in [0.25, 0.3) is 15.9 Å². The van der Waals surface area contributed by atoms with Crippen LogP contribution in [0.5, 0.6) is 5.75 Å². The highest BCUT2D eigenvalue weighted by atomic mass is 35.5. The molecule has 144 valence electrons. The maximum absolute atomic E-state index is 14.2. The number of carbonyl (C=O) groups is 1. The minimum Gasteiger partial charge on any atom is -0.495 e. The summed E-state index contributed by atoms with van der Waals surface area (Å²) in [4.78, 5) is 13.0. The van der Waals surface area contributed by atoms with Crippen LogP contribution in [0.3, 0.4) is 0 Å². The van der Waals surface area contributed by atoms with Crippen molar-refractivity contribution in [2.75, 3.05) is 11.4 Å². The summed E-state index contributed by atoms with van der Waals surface area (Å²) in [5.41, 5.74) is -0.420. The van der Waals surface area contributed by atoms with E-state index in [9.17, 15) is 17.6 Å². The lowest BCUT2D eigenvalue weighted by molar-refractivity contribution is 0.100. The summed E-state index contributed by atoms with van der Waals surface area (Å²) < 4.78 is 46.3. The number of carbonyl (C=O) groups excluding carboxylic acids is 1. The van der Waals surface area contributed by atoms with Gasteiger partial charge < -0.3 is 4.74 Å². The van der Waals surface area contributed by atoms with Crippen LogP contribution in [0.25, 0.3) is 0 Å². The Hall–Kier alpha value is -2.90.